The molecule has 0 aliphatic heterocycles. The third kappa shape index (κ3) is 3.34. The summed E-state index contributed by atoms with van der Waals surface area (Å²) in [6.45, 7) is 2.99. The van der Waals surface area contributed by atoms with Crippen LogP contribution in [0.25, 0.3) is 0 Å². The molecule has 0 N–H and O–H groups in total. The fourth-order valence-corrected chi connectivity index (χ4v) is 3.03. The van der Waals surface area contributed by atoms with Gasteiger partial charge in [0.1, 0.15) is 4.32 Å². The molecule has 0 saturated heterocycles. The Morgan fingerprint density at radius 3 is 2.11 bits per heavy atom. The zero-order chi connectivity index (χ0) is 12.8. The molecule has 1 nitrogen and oxygen atoms in total. The van der Waals surface area contributed by atoms with Crippen LogP contribution in [0.15, 0.2) is 65.6 Å². The SMILES string of the molecule is CCN(C(=S)Sc1ccccc1)c1ccccc1. The van der Waals surface area contributed by atoms with E-state index < -0.39 is 0 Å². The number of nitrogens with zero attached hydrogens (tertiary/aromatic N) is 1. The van der Waals surface area contributed by atoms with E-state index in [0.29, 0.717) is 0 Å². The number of benzene rings is 2. The van der Waals surface area contributed by atoms with Gasteiger partial charge in [0.05, 0.1) is 0 Å². The molecule has 3 heteroatoms. The minimum Gasteiger partial charge on any atom is -0.327 e. The maximum atomic E-state index is 5.53. The molecule has 0 aromatic heterocycles. The maximum absolute atomic E-state index is 5.53. The van der Waals surface area contributed by atoms with Crippen molar-refractivity contribution in [3.63, 3.8) is 0 Å². The Bertz CT molecular complexity index is 496. The first-order valence-electron chi connectivity index (χ1n) is 5.90. The zero-order valence-corrected chi connectivity index (χ0v) is 11.9. The van der Waals surface area contributed by atoms with Crippen LogP contribution in [-0.2, 0) is 0 Å². The summed E-state index contributed by atoms with van der Waals surface area (Å²) < 4.78 is 0.884. The molecule has 0 unspecified atom stereocenters. The van der Waals surface area contributed by atoms with E-state index in [0.717, 1.165) is 16.6 Å². The number of thioether (sulfide) groups is 1. The molecular formula is C15H15NS2. The average Bonchev–Trinajstić information content (AvgIpc) is 2.42. The molecule has 18 heavy (non-hydrogen) atoms. The molecule has 0 fully saturated rings. The third-order valence-electron chi connectivity index (χ3n) is 2.55. The van der Waals surface area contributed by atoms with Gasteiger partial charge in [0.15, 0.2) is 0 Å². The van der Waals surface area contributed by atoms with Gasteiger partial charge in [-0.2, -0.15) is 0 Å². The second kappa shape index (κ2) is 6.57. The van der Waals surface area contributed by atoms with Crippen LogP contribution in [0.3, 0.4) is 0 Å². The Labute approximate surface area is 118 Å². The smallest absolute Gasteiger partial charge is 0.145 e. The van der Waals surface area contributed by atoms with E-state index in [1.54, 1.807) is 11.8 Å². The van der Waals surface area contributed by atoms with Crippen molar-refractivity contribution in [2.45, 2.75) is 11.8 Å². The van der Waals surface area contributed by atoms with Crippen molar-refractivity contribution in [1.82, 2.24) is 0 Å². The predicted molar refractivity (Wildman–Crippen MR) is 84.4 cm³/mol. The second-order valence-corrected chi connectivity index (χ2v) is 5.47. The van der Waals surface area contributed by atoms with Crippen molar-refractivity contribution in [2.24, 2.45) is 0 Å². The van der Waals surface area contributed by atoms with Crippen molar-refractivity contribution in [2.75, 3.05) is 11.4 Å². The summed E-state index contributed by atoms with van der Waals surface area (Å²) in [5.74, 6) is 0. The first-order chi connectivity index (χ1) is 8.81. The Morgan fingerprint density at radius 1 is 1.00 bits per heavy atom. The van der Waals surface area contributed by atoms with Crippen molar-refractivity contribution < 1.29 is 0 Å². The molecule has 0 heterocycles. The number of thiocarbonyl (C=S) groups is 1. The summed E-state index contributed by atoms with van der Waals surface area (Å²) in [7, 11) is 0. The van der Waals surface area contributed by atoms with E-state index in [1.807, 2.05) is 36.4 Å². The van der Waals surface area contributed by atoms with Gasteiger partial charge in [-0.3, -0.25) is 0 Å². The van der Waals surface area contributed by atoms with E-state index in [1.165, 1.54) is 4.90 Å². The Kier molecular flexibility index (Phi) is 4.79. The lowest BCUT2D eigenvalue weighted by molar-refractivity contribution is 1.08. The van der Waals surface area contributed by atoms with Crippen LogP contribution in [0.5, 0.6) is 0 Å². The standard InChI is InChI=1S/C15H15NS2/c1-2-16(13-9-5-3-6-10-13)15(17)18-14-11-7-4-8-12-14/h3-12H,2H2,1H3. The Hall–Kier alpha value is -1.32. The molecule has 0 aliphatic carbocycles. The summed E-state index contributed by atoms with van der Waals surface area (Å²) in [4.78, 5) is 3.32. The highest BCUT2D eigenvalue weighted by molar-refractivity contribution is 8.23. The fourth-order valence-electron chi connectivity index (χ4n) is 1.67. The topological polar surface area (TPSA) is 3.24 Å². The Morgan fingerprint density at radius 2 is 1.56 bits per heavy atom. The fraction of sp³-hybridized carbons (Fsp3) is 0.133. The monoisotopic (exact) mass is 273 g/mol. The van der Waals surface area contributed by atoms with Crippen molar-refractivity contribution in [3.05, 3.63) is 60.7 Å². The first kappa shape index (κ1) is 13.1. The van der Waals surface area contributed by atoms with E-state index in [2.05, 4.69) is 36.1 Å². The molecule has 0 radical (unpaired) electrons. The normalized spacial score (nSPS) is 10.1. The van der Waals surface area contributed by atoms with Crippen molar-refractivity contribution in [3.8, 4) is 0 Å². The predicted octanol–water partition coefficient (Wildman–Crippen LogP) is 4.59. The number of para-hydroxylation sites is 1. The average molecular weight is 273 g/mol. The summed E-state index contributed by atoms with van der Waals surface area (Å²) in [6, 6.07) is 20.5. The minimum atomic E-state index is 0.878. The molecule has 0 aliphatic rings. The van der Waals surface area contributed by atoms with E-state index in [4.69, 9.17) is 12.2 Å². The maximum Gasteiger partial charge on any atom is 0.145 e. The van der Waals surface area contributed by atoms with Crippen LogP contribution in [0.4, 0.5) is 5.69 Å². The summed E-state index contributed by atoms with van der Waals surface area (Å²) >= 11 is 7.16. The zero-order valence-electron chi connectivity index (χ0n) is 10.2. The van der Waals surface area contributed by atoms with Crippen LogP contribution in [0.2, 0.25) is 0 Å². The van der Waals surface area contributed by atoms with Crippen molar-refractivity contribution in [1.29, 1.82) is 0 Å². The van der Waals surface area contributed by atoms with Crippen molar-refractivity contribution >= 4 is 34.0 Å². The summed E-state index contributed by atoms with van der Waals surface area (Å²) in [6.07, 6.45) is 0. The molecule has 0 bridgehead atoms. The van der Waals surface area contributed by atoms with Crippen LogP contribution in [-0.4, -0.2) is 10.9 Å². The number of hydrogen-bond acceptors (Lipinski definition) is 2. The van der Waals surface area contributed by atoms with Crippen LogP contribution in [0.1, 0.15) is 6.92 Å². The second-order valence-electron chi connectivity index (χ2n) is 3.76. The van der Waals surface area contributed by atoms with Crippen LogP contribution >= 0.6 is 24.0 Å². The lowest BCUT2D eigenvalue weighted by Gasteiger charge is -2.23. The quantitative estimate of drug-likeness (QED) is 0.595. The van der Waals surface area contributed by atoms with Gasteiger partial charge in [0.25, 0.3) is 0 Å². The van der Waals surface area contributed by atoms with E-state index in [-0.39, 0.29) is 0 Å². The number of anilines is 1. The van der Waals surface area contributed by atoms with Gasteiger partial charge in [0, 0.05) is 17.1 Å². The molecule has 0 spiro atoms. The van der Waals surface area contributed by atoms with Gasteiger partial charge in [-0.25, -0.2) is 0 Å². The molecule has 0 amide bonds. The largest absolute Gasteiger partial charge is 0.327 e. The third-order valence-corrected chi connectivity index (χ3v) is 3.93. The molecular weight excluding hydrogens is 258 g/mol. The summed E-state index contributed by atoms with van der Waals surface area (Å²) in [5.41, 5.74) is 1.15. The van der Waals surface area contributed by atoms with Gasteiger partial charge in [-0.1, -0.05) is 60.4 Å². The lowest BCUT2D eigenvalue weighted by Crippen LogP contribution is -2.26. The minimum absolute atomic E-state index is 0.878. The van der Waals surface area contributed by atoms with E-state index >= 15 is 0 Å². The molecule has 0 atom stereocenters. The van der Waals surface area contributed by atoms with Gasteiger partial charge < -0.3 is 4.90 Å². The van der Waals surface area contributed by atoms with Gasteiger partial charge in [-0.15, -0.1) is 0 Å². The molecule has 2 aromatic carbocycles. The number of hydrogen-bond donors (Lipinski definition) is 0. The molecule has 92 valence electrons. The molecule has 0 saturated carbocycles. The van der Waals surface area contributed by atoms with E-state index in [9.17, 15) is 0 Å². The molecule has 2 aromatic rings. The lowest BCUT2D eigenvalue weighted by atomic mass is 10.3. The highest BCUT2D eigenvalue weighted by atomic mass is 32.2. The van der Waals surface area contributed by atoms with Crippen LogP contribution in [0, 0.1) is 0 Å². The molecule has 2 rings (SSSR count). The first-order valence-corrected chi connectivity index (χ1v) is 7.13. The van der Waals surface area contributed by atoms with Crippen LogP contribution < -0.4 is 4.90 Å². The summed E-state index contributed by atoms with van der Waals surface area (Å²) in [5, 5.41) is 0. The Balaban J connectivity index is 2.12. The highest BCUT2D eigenvalue weighted by Crippen LogP contribution is 2.25. The number of rotatable bonds is 3. The van der Waals surface area contributed by atoms with Gasteiger partial charge in [0.2, 0.25) is 0 Å². The highest BCUT2D eigenvalue weighted by Gasteiger charge is 2.10. The van der Waals surface area contributed by atoms with Gasteiger partial charge >= 0.3 is 0 Å². The van der Waals surface area contributed by atoms with Gasteiger partial charge in [-0.05, 0) is 31.2 Å².